The number of fused-ring (bicyclic) bond motifs is 1. The Morgan fingerprint density at radius 1 is 0.968 bits per heavy atom. The number of hydrogen-bond donors (Lipinski definition) is 2. The number of carbonyl (C=O) groups excluding carboxylic acids is 1. The van der Waals surface area contributed by atoms with E-state index in [1.54, 1.807) is 24.7 Å². The van der Waals surface area contributed by atoms with Gasteiger partial charge in [0.05, 0.1) is 6.20 Å². The normalized spacial score (nSPS) is 14.7. The molecule has 31 heavy (non-hydrogen) atoms. The zero-order valence-corrected chi connectivity index (χ0v) is 18.8. The fourth-order valence-electron chi connectivity index (χ4n) is 3.63. The number of halogens is 1. The number of aromatic amines is 1. The van der Waals surface area contributed by atoms with Crippen LogP contribution in [0.15, 0.2) is 61.2 Å². The predicted octanol–water partition coefficient (Wildman–Crippen LogP) is 3.74. The SMILES string of the molecule is O=C(Nc1cc2cc(-c3cn[nH]c3)ccc2cn1)c1ccnc(N2CCN(I)CC2)c1. The maximum Gasteiger partial charge on any atom is 0.257 e. The number of anilines is 2. The first kappa shape index (κ1) is 19.9. The summed E-state index contributed by atoms with van der Waals surface area (Å²) >= 11 is 2.34. The van der Waals surface area contributed by atoms with Gasteiger partial charge in [0.25, 0.3) is 5.91 Å². The van der Waals surface area contributed by atoms with Crippen LogP contribution in [0.1, 0.15) is 10.4 Å². The zero-order valence-electron chi connectivity index (χ0n) is 16.6. The van der Waals surface area contributed by atoms with Crippen molar-refractivity contribution in [1.29, 1.82) is 0 Å². The molecule has 0 spiro atoms. The third kappa shape index (κ3) is 4.37. The summed E-state index contributed by atoms with van der Waals surface area (Å²) in [5.41, 5.74) is 2.63. The molecule has 1 fully saturated rings. The van der Waals surface area contributed by atoms with Gasteiger partial charge in [0.1, 0.15) is 11.6 Å². The fourth-order valence-corrected chi connectivity index (χ4v) is 4.06. The molecule has 156 valence electrons. The molecule has 9 heteroatoms. The third-order valence-corrected chi connectivity index (χ3v) is 6.32. The van der Waals surface area contributed by atoms with Gasteiger partial charge in [0, 0.05) is 84.1 Å². The van der Waals surface area contributed by atoms with Crippen LogP contribution in [0.5, 0.6) is 0 Å². The Bertz CT molecular complexity index is 1220. The van der Waals surface area contributed by atoms with Crippen molar-refractivity contribution in [2.75, 3.05) is 36.4 Å². The van der Waals surface area contributed by atoms with Gasteiger partial charge >= 0.3 is 0 Å². The van der Waals surface area contributed by atoms with Crippen LogP contribution in [0.25, 0.3) is 21.9 Å². The number of aromatic nitrogens is 4. The van der Waals surface area contributed by atoms with Gasteiger partial charge in [0.2, 0.25) is 0 Å². The number of hydrogen-bond acceptors (Lipinski definition) is 6. The molecular formula is C22H20IN7O. The number of carbonyl (C=O) groups is 1. The molecule has 1 amide bonds. The van der Waals surface area contributed by atoms with Crippen molar-refractivity contribution >= 4 is 51.2 Å². The van der Waals surface area contributed by atoms with E-state index in [1.165, 1.54) is 0 Å². The molecule has 8 nitrogen and oxygen atoms in total. The monoisotopic (exact) mass is 525 g/mol. The highest BCUT2D eigenvalue weighted by atomic mass is 127. The van der Waals surface area contributed by atoms with Crippen LogP contribution in [0.2, 0.25) is 0 Å². The van der Waals surface area contributed by atoms with Crippen LogP contribution >= 0.6 is 22.9 Å². The summed E-state index contributed by atoms with van der Waals surface area (Å²) in [5.74, 6) is 1.14. The molecule has 0 bridgehead atoms. The molecule has 2 N–H and O–H groups in total. The minimum Gasteiger partial charge on any atom is -0.354 e. The first-order valence-corrected chi connectivity index (χ1v) is 10.9. The Morgan fingerprint density at radius 3 is 2.65 bits per heavy atom. The van der Waals surface area contributed by atoms with E-state index in [4.69, 9.17) is 0 Å². The molecule has 5 rings (SSSR count). The van der Waals surface area contributed by atoms with E-state index in [1.807, 2.05) is 30.5 Å². The molecule has 4 heterocycles. The number of pyridine rings is 2. The van der Waals surface area contributed by atoms with Gasteiger partial charge in [-0.2, -0.15) is 5.10 Å². The minimum atomic E-state index is -0.200. The Kier molecular flexibility index (Phi) is 5.51. The Balaban J connectivity index is 1.35. The van der Waals surface area contributed by atoms with Crippen molar-refractivity contribution in [1.82, 2.24) is 23.3 Å². The summed E-state index contributed by atoms with van der Waals surface area (Å²) in [6, 6.07) is 11.6. The van der Waals surface area contributed by atoms with Crippen molar-refractivity contribution in [3.8, 4) is 11.1 Å². The fraction of sp³-hybridized carbons (Fsp3) is 0.182. The number of H-pyrrole nitrogens is 1. The lowest BCUT2D eigenvalue weighted by Crippen LogP contribution is -2.42. The van der Waals surface area contributed by atoms with Crippen LogP contribution in [0, 0.1) is 0 Å². The molecule has 0 saturated carbocycles. The zero-order chi connectivity index (χ0) is 21.2. The molecule has 0 unspecified atom stereocenters. The second kappa shape index (κ2) is 8.60. The second-order valence-corrected chi connectivity index (χ2v) is 8.74. The third-order valence-electron chi connectivity index (χ3n) is 5.35. The smallest absolute Gasteiger partial charge is 0.257 e. The molecular weight excluding hydrogens is 505 g/mol. The van der Waals surface area contributed by atoms with Gasteiger partial charge in [0.15, 0.2) is 0 Å². The summed E-state index contributed by atoms with van der Waals surface area (Å²) in [5, 5.41) is 11.8. The molecule has 0 aliphatic carbocycles. The van der Waals surface area contributed by atoms with E-state index in [0.717, 1.165) is 53.9 Å². The minimum absolute atomic E-state index is 0.200. The summed E-state index contributed by atoms with van der Waals surface area (Å²) in [4.78, 5) is 23.9. The number of nitrogens with one attached hydrogen (secondary N) is 2. The Hall–Kier alpha value is -3.05. The van der Waals surface area contributed by atoms with E-state index >= 15 is 0 Å². The Morgan fingerprint density at radius 2 is 1.84 bits per heavy atom. The number of piperazine rings is 1. The molecule has 3 aromatic heterocycles. The van der Waals surface area contributed by atoms with Gasteiger partial charge < -0.3 is 10.2 Å². The lowest BCUT2D eigenvalue weighted by Gasteiger charge is -2.32. The first-order valence-electron chi connectivity index (χ1n) is 9.98. The number of nitrogens with zero attached hydrogens (tertiary/aromatic N) is 5. The highest BCUT2D eigenvalue weighted by Gasteiger charge is 2.17. The van der Waals surface area contributed by atoms with E-state index in [0.29, 0.717) is 11.4 Å². The van der Waals surface area contributed by atoms with Crippen LogP contribution in [0.3, 0.4) is 0 Å². The summed E-state index contributed by atoms with van der Waals surface area (Å²) in [7, 11) is 0. The molecule has 1 aliphatic rings. The largest absolute Gasteiger partial charge is 0.354 e. The molecule has 0 atom stereocenters. The van der Waals surface area contributed by atoms with E-state index in [9.17, 15) is 4.79 Å². The number of amides is 1. The number of rotatable bonds is 4. The molecule has 1 saturated heterocycles. The van der Waals surface area contributed by atoms with E-state index < -0.39 is 0 Å². The predicted molar refractivity (Wildman–Crippen MR) is 129 cm³/mol. The van der Waals surface area contributed by atoms with Crippen LogP contribution in [-0.4, -0.2) is 55.4 Å². The molecule has 1 aromatic carbocycles. The molecule has 1 aliphatic heterocycles. The van der Waals surface area contributed by atoms with Crippen molar-refractivity contribution in [2.45, 2.75) is 0 Å². The average molecular weight is 525 g/mol. The lowest BCUT2D eigenvalue weighted by molar-refractivity contribution is 0.102. The quantitative estimate of drug-likeness (QED) is 0.312. The average Bonchev–Trinajstić information content (AvgIpc) is 3.34. The van der Waals surface area contributed by atoms with E-state index in [2.05, 4.69) is 62.4 Å². The van der Waals surface area contributed by atoms with Crippen molar-refractivity contribution < 1.29 is 4.79 Å². The van der Waals surface area contributed by atoms with Crippen molar-refractivity contribution in [3.63, 3.8) is 0 Å². The van der Waals surface area contributed by atoms with Gasteiger partial charge in [-0.1, -0.05) is 12.1 Å². The van der Waals surface area contributed by atoms with Gasteiger partial charge in [-0.05, 0) is 35.2 Å². The maximum atomic E-state index is 12.9. The molecule has 4 aromatic rings. The highest BCUT2D eigenvalue weighted by Crippen LogP contribution is 2.25. The summed E-state index contributed by atoms with van der Waals surface area (Å²) in [6.45, 7) is 3.74. The van der Waals surface area contributed by atoms with Crippen LogP contribution < -0.4 is 10.2 Å². The summed E-state index contributed by atoms with van der Waals surface area (Å²) < 4.78 is 2.26. The number of benzene rings is 1. The van der Waals surface area contributed by atoms with Crippen molar-refractivity contribution in [2.24, 2.45) is 0 Å². The maximum absolute atomic E-state index is 12.9. The van der Waals surface area contributed by atoms with Crippen molar-refractivity contribution in [3.05, 3.63) is 66.7 Å². The second-order valence-electron chi connectivity index (χ2n) is 7.37. The van der Waals surface area contributed by atoms with Crippen LogP contribution in [-0.2, 0) is 0 Å². The summed E-state index contributed by atoms with van der Waals surface area (Å²) in [6.07, 6.45) is 7.09. The Labute approximate surface area is 193 Å². The lowest BCUT2D eigenvalue weighted by atomic mass is 10.1. The van der Waals surface area contributed by atoms with Crippen LogP contribution in [0.4, 0.5) is 11.6 Å². The molecule has 0 radical (unpaired) electrons. The van der Waals surface area contributed by atoms with Gasteiger partial charge in [-0.15, -0.1) is 0 Å². The highest BCUT2D eigenvalue weighted by molar-refractivity contribution is 14.1. The van der Waals surface area contributed by atoms with E-state index in [-0.39, 0.29) is 5.91 Å². The van der Waals surface area contributed by atoms with Gasteiger partial charge in [-0.3, -0.25) is 9.89 Å². The topological polar surface area (TPSA) is 90.0 Å². The first-order chi connectivity index (χ1) is 15.2. The standard InChI is InChI=1S/C22H20IN7O/c23-30-7-5-29(6-8-30)21-11-16(3-4-24-21)22(31)28-20-10-18-9-15(19-13-26-27-14-19)1-2-17(18)12-25-20/h1-4,9-14H,5-8H2,(H,26,27)(H,25,28,31). The van der Waals surface area contributed by atoms with Gasteiger partial charge in [-0.25, -0.2) is 13.1 Å².